The van der Waals surface area contributed by atoms with Crippen LogP contribution in [0.1, 0.15) is 46.2 Å². The quantitative estimate of drug-likeness (QED) is 0.910. The average molecular weight is 304 g/mol. The lowest BCUT2D eigenvalue weighted by Gasteiger charge is -2.31. The second kappa shape index (κ2) is 5.48. The van der Waals surface area contributed by atoms with Crippen molar-refractivity contribution >= 4 is 15.9 Å². The predicted molar refractivity (Wildman–Crippen MR) is 71.5 cm³/mol. The fourth-order valence-electron chi connectivity index (χ4n) is 2.45. The van der Waals surface area contributed by atoms with Crippen LogP contribution in [0.3, 0.4) is 0 Å². The number of halogens is 1. The standard InChI is InChI=1S/C12H22BrN3O/c1-8(2)6-12(17,7-9(3)4)10-11(13)14-15-16(10)5/h8-9,17H,6-7H2,1-5H3. The van der Waals surface area contributed by atoms with E-state index in [0.717, 1.165) is 5.69 Å². The van der Waals surface area contributed by atoms with Crippen LogP contribution in [-0.4, -0.2) is 20.1 Å². The Morgan fingerprint density at radius 1 is 1.24 bits per heavy atom. The second-order valence-electron chi connectivity index (χ2n) is 5.58. The van der Waals surface area contributed by atoms with Gasteiger partial charge in [-0.1, -0.05) is 32.9 Å². The number of hydrogen-bond donors (Lipinski definition) is 1. The number of aliphatic hydroxyl groups is 1. The molecule has 0 unspecified atom stereocenters. The van der Waals surface area contributed by atoms with Gasteiger partial charge in [-0.25, -0.2) is 4.68 Å². The maximum Gasteiger partial charge on any atom is 0.154 e. The van der Waals surface area contributed by atoms with Crippen LogP contribution in [0.2, 0.25) is 0 Å². The molecule has 1 aromatic rings. The molecule has 5 heteroatoms. The van der Waals surface area contributed by atoms with Gasteiger partial charge in [-0.3, -0.25) is 0 Å². The van der Waals surface area contributed by atoms with E-state index < -0.39 is 5.60 Å². The van der Waals surface area contributed by atoms with Gasteiger partial charge >= 0.3 is 0 Å². The molecule has 17 heavy (non-hydrogen) atoms. The zero-order valence-corrected chi connectivity index (χ0v) is 12.8. The molecule has 1 heterocycles. The highest BCUT2D eigenvalue weighted by Gasteiger charge is 2.36. The van der Waals surface area contributed by atoms with Crippen molar-refractivity contribution in [1.82, 2.24) is 15.0 Å². The molecule has 4 nitrogen and oxygen atoms in total. The van der Waals surface area contributed by atoms with Crippen molar-refractivity contribution < 1.29 is 5.11 Å². The third-order valence-corrected chi connectivity index (χ3v) is 3.25. The Morgan fingerprint density at radius 2 is 1.71 bits per heavy atom. The van der Waals surface area contributed by atoms with E-state index in [9.17, 15) is 5.11 Å². The molecular weight excluding hydrogens is 282 g/mol. The van der Waals surface area contributed by atoms with E-state index in [4.69, 9.17) is 0 Å². The predicted octanol–water partition coefficient (Wildman–Crippen LogP) is 2.86. The number of rotatable bonds is 5. The third kappa shape index (κ3) is 3.52. The zero-order chi connectivity index (χ0) is 13.2. The Bertz CT molecular complexity index is 344. The first-order chi connectivity index (χ1) is 7.76. The van der Waals surface area contributed by atoms with Gasteiger partial charge in [-0.2, -0.15) is 0 Å². The summed E-state index contributed by atoms with van der Waals surface area (Å²) in [4.78, 5) is 0. The highest BCUT2D eigenvalue weighted by Crippen LogP contribution is 2.37. The van der Waals surface area contributed by atoms with Crippen LogP contribution in [0.5, 0.6) is 0 Å². The fraction of sp³-hybridized carbons (Fsp3) is 0.833. The Kier molecular flexibility index (Phi) is 4.72. The minimum atomic E-state index is -0.862. The van der Waals surface area contributed by atoms with E-state index >= 15 is 0 Å². The molecule has 1 aromatic heterocycles. The van der Waals surface area contributed by atoms with Crippen LogP contribution in [0.4, 0.5) is 0 Å². The summed E-state index contributed by atoms with van der Waals surface area (Å²) < 4.78 is 2.30. The summed E-state index contributed by atoms with van der Waals surface area (Å²) in [5, 5.41) is 18.9. The summed E-state index contributed by atoms with van der Waals surface area (Å²) in [5.41, 5.74) is -0.0840. The van der Waals surface area contributed by atoms with Crippen molar-refractivity contribution in [3.63, 3.8) is 0 Å². The van der Waals surface area contributed by atoms with Crippen molar-refractivity contribution in [2.45, 2.75) is 46.1 Å². The first-order valence-corrected chi connectivity index (χ1v) is 6.83. The molecule has 0 amide bonds. The Labute approximate surface area is 112 Å². The largest absolute Gasteiger partial charge is 0.383 e. The van der Waals surface area contributed by atoms with Gasteiger partial charge < -0.3 is 5.11 Å². The first kappa shape index (κ1) is 14.6. The minimum absolute atomic E-state index is 0.417. The molecule has 0 aliphatic carbocycles. The zero-order valence-electron chi connectivity index (χ0n) is 11.2. The summed E-state index contributed by atoms with van der Waals surface area (Å²) in [6.45, 7) is 8.46. The SMILES string of the molecule is CC(C)CC(O)(CC(C)C)c1c(Br)nnn1C. The number of aryl methyl sites for hydroxylation is 1. The molecule has 0 saturated heterocycles. The minimum Gasteiger partial charge on any atom is -0.383 e. The monoisotopic (exact) mass is 303 g/mol. The molecule has 0 aromatic carbocycles. The average Bonchev–Trinajstić information content (AvgIpc) is 2.42. The van der Waals surface area contributed by atoms with E-state index in [-0.39, 0.29) is 0 Å². The van der Waals surface area contributed by atoms with Gasteiger partial charge in [0, 0.05) is 7.05 Å². The molecule has 0 spiro atoms. The first-order valence-electron chi connectivity index (χ1n) is 6.04. The summed E-state index contributed by atoms with van der Waals surface area (Å²) in [6.07, 6.45) is 1.43. The molecule has 0 aliphatic heterocycles. The molecule has 98 valence electrons. The normalized spacial score (nSPS) is 12.8. The molecule has 0 aliphatic rings. The van der Waals surface area contributed by atoms with E-state index in [0.29, 0.717) is 29.3 Å². The van der Waals surface area contributed by atoms with Crippen molar-refractivity contribution in [3.05, 3.63) is 10.3 Å². The molecule has 0 radical (unpaired) electrons. The smallest absolute Gasteiger partial charge is 0.154 e. The van der Waals surface area contributed by atoms with Crippen LogP contribution in [0.25, 0.3) is 0 Å². The number of hydrogen-bond acceptors (Lipinski definition) is 3. The van der Waals surface area contributed by atoms with Crippen molar-refractivity contribution in [1.29, 1.82) is 0 Å². The Hall–Kier alpha value is -0.420. The summed E-state index contributed by atoms with van der Waals surface area (Å²) in [6, 6.07) is 0. The van der Waals surface area contributed by atoms with Gasteiger partial charge in [0.05, 0.1) is 0 Å². The van der Waals surface area contributed by atoms with E-state index in [1.165, 1.54) is 0 Å². The van der Waals surface area contributed by atoms with E-state index in [2.05, 4.69) is 53.9 Å². The lowest BCUT2D eigenvalue weighted by Crippen LogP contribution is -2.32. The molecule has 0 bridgehead atoms. The number of aromatic nitrogens is 3. The fourth-order valence-corrected chi connectivity index (χ4v) is 3.15. The van der Waals surface area contributed by atoms with Gasteiger partial charge in [0.15, 0.2) is 4.60 Å². The van der Waals surface area contributed by atoms with Crippen molar-refractivity contribution in [3.8, 4) is 0 Å². The second-order valence-corrected chi connectivity index (χ2v) is 6.33. The maximum absolute atomic E-state index is 10.9. The van der Waals surface area contributed by atoms with Gasteiger partial charge in [-0.15, -0.1) is 5.10 Å². The van der Waals surface area contributed by atoms with Crippen LogP contribution in [0, 0.1) is 11.8 Å². The van der Waals surface area contributed by atoms with Gasteiger partial charge in [0.25, 0.3) is 0 Å². The van der Waals surface area contributed by atoms with Crippen LogP contribution in [-0.2, 0) is 12.6 Å². The summed E-state index contributed by atoms with van der Waals surface area (Å²) >= 11 is 3.38. The van der Waals surface area contributed by atoms with Crippen LogP contribution < -0.4 is 0 Å². The molecule has 1 rings (SSSR count). The van der Waals surface area contributed by atoms with E-state index in [1.54, 1.807) is 4.68 Å². The Morgan fingerprint density at radius 3 is 2.00 bits per heavy atom. The molecule has 0 atom stereocenters. The number of nitrogens with zero attached hydrogens (tertiary/aromatic N) is 3. The van der Waals surface area contributed by atoms with Crippen LogP contribution >= 0.6 is 15.9 Å². The van der Waals surface area contributed by atoms with Crippen LogP contribution in [0.15, 0.2) is 4.60 Å². The Balaban J connectivity index is 3.13. The molecule has 0 fully saturated rings. The molecule has 0 saturated carbocycles. The lowest BCUT2D eigenvalue weighted by atomic mass is 9.83. The third-order valence-electron chi connectivity index (χ3n) is 2.72. The molecule has 1 N–H and O–H groups in total. The highest BCUT2D eigenvalue weighted by atomic mass is 79.9. The van der Waals surface area contributed by atoms with Gasteiger partial charge in [0.2, 0.25) is 0 Å². The lowest BCUT2D eigenvalue weighted by molar-refractivity contribution is -0.0124. The van der Waals surface area contributed by atoms with Crippen molar-refractivity contribution in [2.24, 2.45) is 18.9 Å². The summed E-state index contributed by atoms with van der Waals surface area (Å²) in [7, 11) is 1.82. The van der Waals surface area contributed by atoms with Crippen molar-refractivity contribution in [2.75, 3.05) is 0 Å². The topological polar surface area (TPSA) is 50.9 Å². The highest BCUT2D eigenvalue weighted by molar-refractivity contribution is 9.10. The molecular formula is C12H22BrN3O. The van der Waals surface area contributed by atoms with Gasteiger partial charge in [-0.05, 0) is 40.6 Å². The summed E-state index contributed by atoms with van der Waals surface area (Å²) in [5.74, 6) is 0.834. The maximum atomic E-state index is 10.9. The van der Waals surface area contributed by atoms with Gasteiger partial charge in [0.1, 0.15) is 11.3 Å². The van der Waals surface area contributed by atoms with E-state index in [1.807, 2.05) is 7.05 Å².